The van der Waals surface area contributed by atoms with E-state index < -0.39 is 17.9 Å². The number of nitrogens with two attached hydrogens (primary N) is 1. The number of nitrogens with one attached hydrogen (secondary N) is 3. The Balaban J connectivity index is 1.48. The summed E-state index contributed by atoms with van der Waals surface area (Å²) in [4.78, 5) is 31.9. The summed E-state index contributed by atoms with van der Waals surface area (Å²) in [5.41, 5.74) is 8.86. The first-order valence-electron chi connectivity index (χ1n) is 15.4. The lowest BCUT2D eigenvalue weighted by molar-refractivity contribution is -0.121. The maximum Gasteiger partial charge on any atom is 0.270 e. The average molecular weight is 579 g/mol. The van der Waals surface area contributed by atoms with Gasteiger partial charge in [-0.05, 0) is 44.6 Å². The standard InChI is InChI=1S/C31H43FN8O2/c1-4-40-23(15-16-34-40)30(41)37-28(26(20-11-7-5-8-12-20)21-13-9-6-10-14-21)31(42)36-24-17-22(33)27(29(32)35-24)25-18(2)38-39-19(25)3/h15-17,20-21,26,28H,4-14H2,1-3H3,(H,37,41)(H,38,39)(H3,33,35,36,42)/t28-/m0/s1. The Kier molecular flexibility index (Phi) is 9.23. The number of anilines is 2. The first-order chi connectivity index (χ1) is 20.3. The van der Waals surface area contributed by atoms with Crippen molar-refractivity contribution in [2.75, 3.05) is 11.1 Å². The molecule has 5 rings (SSSR count). The zero-order valence-corrected chi connectivity index (χ0v) is 24.9. The Bertz CT molecular complexity index is 1340. The van der Waals surface area contributed by atoms with Crippen molar-refractivity contribution < 1.29 is 14.0 Å². The van der Waals surface area contributed by atoms with Gasteiger partial charge in [-0.1, -0.05) is 64.2 Å². The van der Waals surface area contributed by atoms with Crippen LogP contribution in [0.15, 0.2) is 18.3 Å². The Labute approximate surface area is 246 Å². The van der Waals surface area contributed by atoms with E-state index in [1.54, 1.807) is 30.8 Å². The van der Waals surface area contributed by atoms with Crippen LogP contribution in [0.25, 0.3) is 11.1 Å². The summed E-state index contributed by atoms with van der Waals surface area (Å²) < 4.78 is 17.1. The molecular weight excluding hydrogens is 535 g/mol. The minimum atomic E-state index is -0.812. The van der Waals surface area contributed by atoms with E-state index in [0.717, 1.165) is 51.4 Å². The largest absolute Gasteiger partial charge is 0.398 e. The number of amides is 2. The average Bonchev–Trinajstić information content (AvgIpc) is 3.60. The van der Waals surface area contributed by atoms with Gasteiger partial charge in [-0.15, -0.1) is 0 Å². The van der Waals surface area contributed by atoms with Crippen molar-refractivity contribution in [1.82, 2.24) is 30.3 Å². The first-order valence-corrected chi connectivity index (χ1v) is 15.4. The van der Waals surface area contributed by atoms with Crippen LogP contribution in [0.2, 0.25) is 0 Å². The maximum atomic E-state index is 15.4. The van der Waals surface area contributed by atoms with Crippen molar-refractivity contribution >= 4 is 23.3 Å². The van der Waals surface area contributed by atoms with Crippen LogP contribution in [-0.4, -0.2) is 42.8 Å². The molecule has 0 unspecified atom stereocenters. The van der Waals surface area contributed by atoms with Gasteiger partial charge in [0.25, 0.3) is 5.91 Å². The lowest BCUT2D eigenvalue weighted by Gasteiger charge is -2.41. The Hall–Kier alpha value is -3.76. The number of rotatable bonds is 9. The van der Waals surface area contributed by atoms with Crippen molar-refractivity contribution in [3.05, 3.63) is 41.4 Å². The number of hydrogen-bond acceptors (Lipinski definition) is 6. The van der Waals surface area contributed by atoms with E-state index in [0.29, 0.717) is 41.0 Å². The van der Waals surface area contributed by atoms with Gasteiger partial charge in [-0.3, -0.25) is 19.4 Å². The molecule has 0 aliphatic heterocycles. The predicted molar refractivity (Wildman–Crippen MR) is 160 cm³/mol. The van der Waals surface area contributed by atoms with Crippen LogP contribution in [0.4, 0.5) is 15.9 Å². The number of halogens is 1. The fourth-order valence-electron chi connectivity index (χ4n) is 7.26. The topological polar surface area (TPSA) is 144 Å². The van der Waals surface area contributed by atoms with E-state index in [1.165, 1.54) is 18.9 Å². The lowest BCUT2D eigenvalue weighted by Crippen LogP contribution is -2.53. The number of aromatic nitrogens is 5. The van der Waals surface area contributed by atoms with Crippen LogP contribution in [-0.2, 0) is 11.3 Å². The van der Waals surface area contributed by atoms with Gasteiger partial charge < -0.3 is 16.4 Å². The highest BCUT2D eigenvalue weighted by Gasteiger charge is 2.41. The molecule has 0 bridgehead atoms. The lowest BCUT2D eigenvalue weighted by atomic mass is 9.66. The molecule has 5 N–H and O–H groups in total. The molecule has 1 atom stereocenters. The van der Waals surface area contributed by atoms with E-state index >= 15 is 4.39 Å². The zero-order chi connectivity index (χ0) is 29.8. The molecule has 3 heterocycles. The minimum Gasteiger partial charge on any atom is -0.398 e. The number of aromatic amines is 1. The third kappa shape index (κ3) is 6.19. The van der Waals surface area contributed by atoms with Gasteiger partial charge in [0.05, 0.1) is 11.3 Å². The third-order valence-electron chi connectivity index (χ3n) is 9.23. The van der Waals surface area contributed by atoms with Crippen molar-refractivity contribution in [3.8, 4) is 11.1 Å². The number of nitrogen functional groups attached to an aromatic ring is 1. The highest BCUT2D eigenvalue weighted by molar-refractivity contribution is 6.00. The molecule has 3 aromatic heterocycles. The van der Waals surface area contributed by atoms with Crippen molar-refractivity contribution in [2.24, 2.45) is 17.8 Å². The monoisotopic (exact) mass is 578 g/mol. The van der Waals surface area contributed by atoms with Gasteiger partial charge in [0.2, 0.25) is 11.9 Å². The second-order valence-electron chi connectivity index (χ2n) is 11.9. The number of carbonyl (C=O) groups is 2. The van der Waals surface area contributed by atoms with E-state index in [-0.39, 0.29) is 28.9 Å². The highest BCUT2D eigenvalue weighted by Crippen LogP contribution is 2.42. The number of nitrogens with zero attached hydrogens (tertiary/aromatic N) is 4. The van der Waals surface area contributed by atoms with Crippen LogP contribution in [0, 0.1) is 37.5 Å². The maximum absolute atomic E-state index is 15.4. The van der Waals surface area contributed by atoms with Crippen LogP contribution in [0.1, 0.15) is 93.0 Å². The molecule has 42 heavy (non-hydrogen) atoms. The Morgan fingerprint density at radius 3 is 2.26 bits per heavy atom. The molecule has 11 heteroatoms. The van der Waals surface area contributed by atoms with Gasteiger partial charge >= 0.3 is 0 Å². The molecule has 10 nitrogen and oxygen atoms in total. The van der Waals surface area contributed by atoms with Gasteiger partial charge in [0.15, 0.2) is 0 Å². The van der Waals surface area contributed by atoms with E-state index in [9.17, 15) is 9.59 Å². The summed E-state index contributed by atoms with van der Waals surface area (Å²) in [6, 6.07) is 2.33. The summed E-state index contributed by atoms with van der Waals surface area (Å²) >= 11 is 0. The third-order valence-corrected chi connectivity index (χ3v) is 9.23. The van der Waals surface area contributed by atoms with Crippen LogP contribution < -0.4 is 16.4 Å². The van der Waals surface area contributed by atoms with Crippen LogP contribution >= 0.6 is 0 Å². The quantitative estimate of drug-likeness (QED) is 0.246. The Morgan fingerprint density at radius 2 is 1.71 bits per heavy atom. The summed E-state index contributed by atoms with van der Waals surface area (Å²) in [6.07, 6.45) is 12.6. The zero-order valence-electron chi connectivity index (χ0n) is 24.9. The molecule has 226 valence electrons. The molecular formula is C31H43FN8O2. The molecule has 0 radical (unpaired) electrons. The molecule has 3 aromatic rings. The van der Waals surface area contributed by atoms with Gasteiger partial charge in [-0.2, -0.15) is 14.6 Å². The van der Waals surface area contributed by atoms with Crippen LogP contribution in [0.3, 0.4) is 0 Å². The predicted octanol–water partition coefficient (Wildman–Crippen LogP) is 5.54. The van der Waals surface area contributed by atoms with E-state index in [1.807, 2.05) is 6.92 Å². The fourth-order valence-corrected chi connectivity index (χ4v) is 7.26. The Morgan fingerprint density at radius 1 is 1.07 bits per heavy atom. The number of carbonyl (C=O) groups excluding carboxylic acids is 2. The summed E-state index contributed by atoms with van der Waals surface area (Å²) in [6.45, 7) is 6.01. The smallest absolute Gasteiger partial charge is 0.270 e. The van der Waals surface area contributed by atoms with Gasteiger partial charge in [0, 0.05) is 35.8 Å². The molecule has 0 saturated heterocycles. The van der Waals surface area contributed by atoms with Crippen LogP contribution in [0.5, 0.6) is 0 Å². The van der Waals surface area contributed by atoms with Crippen molar-refractivity contribution in [2.45, 2.75) is 97.6 Å². The normalized spacial score (nSPS) is 17.4. The number of aryl methyl sites for hydroxylation is 3. The summed E-state index contributed by atoms with van der Waals surface area (Å²) in [5.74, 6) is -0.919. The van der Waals surface area contributed by atoms with Crippen molar-refractivity contribution in [3.63, 3.8) is 0 Å². The summed E-state index contributed by atoms with van der Waals surface area (Å²) in [7, 11) is 0. The second kappa shape index (κ2) is 13.0. The number of pyridine rings is 1. The molecule has 2 saturated carbocycles. The van der Waals surface area contributed by atoms with Gasteiger partial charge in [0.1, 0.15) is 17.6 Å². The highest BCUT2D eigenvalue weighted by atomic mass is 19.1. The van der Waals surface area contributed by atoms with Gasteiger partial charge in [-0.25, -0.2) is 4.98 Å². The molecule has 0 aromatic carbocycles. The molecule has 0 spiro atoms. The number of H-pyrrole nitrogens is 1. The summed E-state index contributed by atoms with van der Waals surface area (Å²) in [5, 5.41) is 17.2. The van der Waals surface area contributed by atoms with E-state index in [4.69, 9.17) is 5.73 Å². The fraction of sp³-hybridized carbons (Fsp3) is 0.581. The number of hydrogen-bond donors (Lipinski definition) is 4. The van der Waals surface area contributed by atoms with Crippen molar-refractivity contribution in [1.29, 1.82) is 0 Å². The minimum absolute atomic E-state index is 0.0152. The molecule has 2 amide bonds. The molecule has 2 aliphatic carbocycles. The molecule has 2 aliphatic rings. The SMILES string of the molecule is CCn1nccc1C(=O)N[C@H](C(=O)Nc1cc(N)c(-c2c(C)n[nH]c2C)c(F)n1)C(C1CCCCC1)C1CCCCC1. The first kappa shape index (κ1) is 29.7. The second-order valence-corrected chi connectivity index (χ2v) is 11.9. The van der Waals surface area contributed by atoms with E-state index in [2.05, 4.69) is 30.9 Å². The molecule has 2 fully saturated rings.